The molecule has 6 heteroatoms. The number of ketones is 1. The Balaban J connectivity index is 1.64. The minimum atomic E-state index is -0.0255. The van der Waals surface area contributed by atoms with Gasteiger partial charge in [0.25, 0.3) is 0 Å². The fourth-order valence-electron chi connectivity index (χ4n) is 3.84. The topological polar surface area (TPSA) is 53.5 Å². The Labute approximate surface area is 157 Å². The molecule has 5 nitrogen and oxygen atoms in total. The van der Waals surface area contributed by atoms with E-state index in [1.165, 1.54) is 6.42 Å². The van der Waals surface area contributed by atoms with Crippen molar-refractivity contribution in [1.29, 1.82) is 0 Å². The van der Waals surface area contributed by atoms with Crippen LogP contribution >= 0.6 is 11.6 Å². The zero-order chi connectivity index (χ0) is 18.3. The molecular weight excluding hydrogens is 350 g/mol. The number of hydrogen-bond donors (Lipinski definition) is 0. The molecule has 0 bridgehead atoms. The first-order chi connectivity index (χ1) is 12.6. The van der Waals surface area contributed by atoms with Gasteiger partial charge in [-0.2, -0.15) is 0 Å². The standard InChI is InChI=1S/C20H22ClN3O2/c1-13(25)16-12-17(21)15-6-3-7-22-18(15)19(16)23-8-10-24(11-9-23)20(26)14-4-2-5-14/h3,6-7,12,14H,2,4-5,8-11H2,1H3. The molecule has 2 fully saturated rings. The molecule has 0 N–H and O–H groups in total. The fraction of sp³-hybridized carbons (Fsp3) is 0.450. The summed E-state index contributed by atoms with van der Waals surface area (Å²) in [6.07, 6.45) is 4.95. The SMILES string of the molecule is CC(=O)c1cc(Cl)c2cccnc2c1N1CCN(C(=O)C2CCC2)CC1. The molecule has 2 aliphatic rings. The Kier molecular flexibility index (Phi) is 4.57. The maximum atomic E-state index is 12.5. The second-order valence-corrected chi connectivity index (χ2v) is 7.56. The van der Waals surface area contributed by atoms with E-state index in [0.29, 0.717) is 42.7 Å². The second kappa shape index (κ2) is 6.88. The number of aromatic nitrogens is 1. The van der Waals surface area contributed by atoms with Crippen LogP contribution in [0.4, 0.5) is 5.69 Å². The number of pyridine rings is 1. The molecule has 1 aromatic carbocycles. The van der Waals surface area contributed by atoms with Crippen LogP contribution in [-0.2, 0) is 4.79 Å². The molecule has 1 aromatic heterocycles. The lowest BCUT2D eigenvalue weighted by Crippen LogP contribution is -2.51. The van der Waals surface area contributed by atoms with Gasteiger partial charge < -0.3 is 9.80 Å². The Hall–Kier alpha value is -2.14. The van der Waals surface area contributed by atoms with Gasteiger partial charge in [-0.05, 0) is 38.0 Å². The first-order valence-corrected chi connectivity index (χ1v) is 9.56. The van der Waals surface area contributed by atoms with Gasteiger partial charge in [-0.15, -0.1) is 0 Å². The quantitative estimate of drug-likeness (QED) is 0.774. The van der Waals surface area contributed by atoms with Crippen LogP contribution in [0.25, 0.3) is 10.9 Å². The Morgan fingerprint density at radius 3 is 2.54 bits per heavy atom. The van der Waals surface area contributed by atoms with Gasteiger partial charge in [0.2, 0.25) is 5.91 Å². The van der Waals surface area contributed by atoms with E-state index in [9.17, 15) is 9.59 Å². The molecule has 0 atom stereocenters. The summed E-state index contributed by atoms with van der Waals surface area (Å²) in [6, 6.07) is 5.52. The number of halogens is 1. The molecule has 1 saturated carbocycles. The number of anilines is 1. The van der Waals surface area contributed by atoms with Crippen LogP contribution in [0.3, 0.4) is 0 Å². The van der Waals surface area contributed by atoms with Crippen LogP contribution in [0.5, 0.6) is 0 Å². The average molecular weight is 372 g/mol. The van der Waals surface area contributed by atoms with Crippen LogP contribution in [0.2, 0.25) is 5.02 Å². The molecule has 4 rings (SSSR count). The van der Waals surface area contributed by atoms with Crippen molar-refractivity contribution in [3.63, 3.8) is 0 Å². The van der Waals surface area contributed by atoms with Crippen molar-refractivity contribution >= 4 is 39.9 Å². The predicted octanol–water partition coefficient (Wildman–Crippen LogP) is 3.54. The molecule has 1 aliphatic carbocycles. The summed E-state index contributed by atoms with van der Waals surface area (Å²) in [6.45, 7) is 4.33. The molecule has 0 unspecified atom stereocenters. The van der Waals surface area contributed by atoms with Gasteiger partial charge in [0.1, 0.15) is 0 Å². The summed E-state index contributed by atoms with van der Waals surface area (Å²) in [5.74, 6) is 0.497. The van der Waals surface area contributed by atoms with E-state index in [2.05, 4.69) is 9.88 Å². The Morgan fingerprint density at radius 2 is 1.92 bits per heavy atom. The minimum Gasteiger partial charge on any atom is -0.366 e. The number of rotatable bonds is 3. The number of benzene rings is 1. The van der Waals surface area contributed by atoms with E-state index >= 15 is 0 Å². The van der Waals surface area contributed by atoms with Gasteiger partial charge >= 0.3 is 0 Å². The van der Waals surface area contributed by atoms with Gasteiger partial charge in [-0.1, -0.05) is 18.0 Å². The molecule has 1 aliphatic heterocycles. The van der Waals surface area contributed by atoms with E-state index in [4.69, 9.17) is 11.6 Å². The van der Waals surface area contributed by atoms with Crippen LogP contribution < -0.4 is 4.90 Å². The highest BCUT2D eigenvalue weighted by Gasteiger charge is 2.32. The van der Waals surface area contributed by atoms with Crippen LogP contribution in [0.1, 0.15) is 36.5 Å². The predicted molar refractivity (Wildman–Crippen MR) is 103 cm³/mol. The fourth-order valence-corrected chi connectivity index (χ4v) is 4.10. The lowest BCUT2D eigenvalue weighted by atomic mass is 9.84. The first kappa shape index (κ1) is 17.3. The number of carbonyl (C=O) groups is 2. The second-order valence-electron chi connectivity index (χ2n) is 7.15. The van der Waals surface area contributed by atoms with Crippen molar-refractivity contribution < 1.29 is 9.59 Å². The van der Waals surface area contributed by atoms with Crippen molar-refractivity contribution in [2.45, 2.75) is 26.2 Å². The van der Waals surface area contributed by atoms with Crippen molar-refractivity contribution in [1.82, 2.24) is 9.88 Å². The Morgan fingerprint density at radius 1 is 1.19 bits per heavy atom. The van der Waals surface area contributed by atoms with E-state index in [1.54, 1.807) is 19.2 Å². The summed E-state index contributed by atoms with van der Waals surface area (Å²) in [5.41, 5.74) is 2.19. The van der Waals surface area contributed by atoms with Gasteiger partial charge in [-0.3, -0.25) is 14.6 Å². The maximum absolute atomic E-state index is 12.5. The van der Waals surface area contributed by atoms with Crippen LogP contribution in [-0.4, -0.2) is 47.8 Å². The highest BCUT2D eigenvalue weighted by Crippen LogP contribution is 2.36. The van der Waals surface area contributed by atoms with E-state index < -0.39 is 0 Å². The van der Waals surface area contributed by atoms with Gasteiger partial charge in [0, 0.05) is 49.2 Å². The summed E-state index contributed by atoms with van der Waals surface area (Å²) in [5, 5.41) is 1.39. The Bertz CT molecular complexity index is 871. The summed E-state index contributed by atoms with van der Waals surface area (Å²) in [7, 11) is 0. The van der Waals surface area contributed by atoms with Gasteiger partial charge in [0.15, 0.2) is 5.78 Å². The first-order valence-electron chi connectivity index (χ1n) is 9.18. The zero-order valence-electron chi connectivity index (χ0n) is 14.9. The van der Waals surface area contributed by atoms with E-state index in [0.717, 1.165) is 29.4 Å². The van der Waals surface area contributed by atoms with Crippen LogP contribution in [0.15, 0.2) is 24.4 Å². The molecule has 2 heterocycles. The molecule has 1 amide bonds. The van der Waals surface area contributed by atoms with Crippen molar-refractivity contribution in [2.75, 3.05) is 31.1 Å². The molecule has 0 radical (unpaired) electrons. The smallest absolute Gasteiger partial charge is 0.225 e. The maximum Gasteiger partial charge on any atom is 0.225 e. The summed E-state index contributed by atoms with van der Waals surface area (Å²) >= 11 is 6.38. The molecule has 1 saturated heterocycles. The van der Waals surface area contributed by atoms with Gasteiger partial charge in [0.05, 0.1) is 16.2 Å². The zero-order valence-corrected chi connectivity index (χ0v) is 15.6. The molecule has 0 spiro atoms. The largest absolute Gasteiger partial charge is 0.366 e. The summed E-state index contributed by atoms with van der Waals surface area (Å²) in [4.78, 5) is 33.4. The number of nitrogens with zero attached hydrogens (tertiary/aromatic N) is 3. The highest BCUT2D eigenvalue weighted by atomic mass is 35.5. The monoisotopic (exact) mass is 371 g/mol. The third-order valence-corrected chi connectivity index (χ3v) is 5.87. The lowest BCUT2D eigenvalue weighted by molar-refractivity contribution is -0.138. The summed E-state index contributed by atoms with van der Waals surface area (Å²) < 4.78 is 0. The minimum absolute atomic E-state index is 0.0255. The molecule has 2 aromatic rings. The highest BCUT2D eigenvalue weighted by molar-refractivity contribution is 6.36. The van der Waals surface area contributed by atoms with Crippen molar-refractivity contribution in [3.05, 3.63) is 35.0 Å². The third-order valence-electron chi connectivity index (χ3n) is 5.56. The number of amides is 1. The van der Waals surface area contributed by atoms with Crippen molar-refractivity contribution in [2.24, 2.45) is 5.92 Å². The molecule has 136 valence electrons. The number of fused-ring (bicyclic) bond motifs is 1. The normalized spacial score (nSPS) is 18.1. The molecule has 26 heavy (non-hydrogen) atoms. The van der Waals surface area contributed by atoms with Crippen LogP contribution in [0, 0.1) is 5.92 Å². The van der Waals surface area contributed by atoms with Gasteiger partial charge in [-0.25, -0.2) is 0 Å². The number of carbonyl (C=O) groups excluding carboxylic acids is 2. The molecular formula is C20H22ClN3O2. The van der Waals surface area contributed by atoms with E-state index in [1.807, 2.05) is 17.0 Å². The average Bonchev–Trinajstić information content (AvgIpc) is 2.60. The van der Waals surface area contributed by atoms with Crippen molar-refractivity contribution in [3.8, 4) is 0 Å². The van der Waals surface area contributed by atoms with E-state index in [-0.39, 0.29) is 11.7 Å². The lowest BCUT2D eigenvalue weighted by Gasteiger charge is -2.39. The number of Topliss-reactive ketones (excluding diaryl/α,β-unsaturated/α-hetero) is 1. The third kappa shape index (κ3) is 2.94. The number of hydrogen-bond acceptors (Lipinski definition) is 4. The number of piperazine rings is 1.